The third-order valence-electron chi connectivity index (χ3n) is 3.63. The van der Waals surface area contributed by atoms with Crippen LogP contribution in [-0.4, -0.2) is 31.1 Å². The van der Waals surface area contributed by atoms with Crippen LogP contribution in [0.4, 0.5) is 4.39 Å². The van der Waals surface area contributed by atoms with Crippen LogP contribution in [0.15, 0.2) is 18.2 Å². The molecule has 0 bridgehead atoms. The smallest absolute Gasteiger partial charge is 0.146 e. The van der Waals surface area contributed by atoms with Crippen LogP contribution in [0, 0.1) is 11.7 Å². The fraction of sp³-hybridized carbons (Fsp3) is 0.600. The largest absolute Gasteiger partial charge is 0.314 e. The zero-order chi connectivity index (χ0) is 13.8. The zero-order valence-corrected chi connectivity index (χ0v) is 12.4. The van der Waals surface area contributed by atoms with Gasteiger partial charge >= 0.3 is 0 Å². The van der Waals surface area contributed by atoms with Crippen molar-refractivity contribution >= 4 is 11.6 Å². The third kappa shape index (κ3) is 3.68. The van der Waals surface area contributed by atoms with Gasteiger partial charge in [-0.15, -0.1) is 0 Å². The Kier molecular flexibility index (Phi) is 5.20. The fourth-order valence-electron chi connectivity index (χ4n) is 2.69. The predicted molar refractivity (Wildman–Crippen MR) is 78.0 cm³/mol. The van der Waals surface area contributed by atoms with Crippen LogP contribution in [0.3, 0.4) is 0 Å². The first kappa shape index (κ1) is 14.8. The lowest BCUT2D eigenvalue weighted by Crippen LogP contribution is -2.45. The van der Waals surface area contributed by atoms with Crippen molar-refractivity contribution in [3.63, 3.8) is 0 Å². The Bertz CT molecular complexity index is 417. The van der Waals surface area contributed by atoms with Crippen LogP contribution in [0.1, 0.15) is 31.9 Å². The van der Waals surface area contributed by atoms with Gasteiger partial charge in [0.1, 0.15) is 5.82 Å². The number of nitrogens with zero attached hydrogens (tertiary/aromatic N) is 1. The summed E-state index contributed by atoms with van der Waals surface area (Å²) >= 11 is 5.93. The van der Waals surface area contributed by atoms with Crippen LogP contribution in [-0.2, 0) is 0 Å². The molecule has 0 aliphatic carbocycles. The molecular weight excluding hydrogens is 263 g/mol. The van der Waals surface area contributed by atoms with Crippen LogP contribution in [0.2, 0.25) is 5.02 Å². The van der Waals surface area contributed by atoms with E-state index >= 15 is 0 Å². The predicted octanol–water partition coefficient (Wildman–Crippen LogP) is 3.47. The number of hydrogen-bond donors (Lipinski definition) is 1. The lowest BCUT2D eigenvalue weighted by Gasteiger charge is -2.36. The molecule has 106 valence electrons. The SMILES string of the molecule is CC(C)C[C@H](c1cccc(Cl)c1F)N1CCNCC1. The molecule has 1 atom stereocenters. The van der Waals surface area contributed by atoms with Crippen LogP contribution >= 0.6 is 11.6 Å². The number of benzene rings is 1. The Morgan fingerprint density at radius 2 is 2.00 bits per heavy atom. The molecule has 0 amide bonds. The van der Waals surface area contributed by atoms with Gasteiger partial charge in [-0.1, -0.05) is 37.6 Å². The van der Waals surface area contributed by atoms with E-state index in [0.29, 0.717) is 5.92 Å². The maximum absolute atomic E-state index is 14.3. The molecular formula is C15H22ClFN2. The number of rotatable bonds is 4. The second-order valence-electron chi connectivity index (χ2n) is 5.57. The van der Waals surface area contributed by atoms with Crippen LogP contribution in [0.25, 0.3) is 0 Å². The molecule has 1 heterocycles. The van der Waals surface area contributed by atoms with E-state index < -0.39 is 0 Å². The Hall–Kier alpha value is -0.640. The van der Waals surface area contributed by atoms with Crippen molar-refractivity contribution in [2.75, 3.05) is 26.2 Å². The Morgan fingerprint density at radius 1 is 1.32 bits per heavy atom. The van der Waals surface area contributed by atoms with E-state index in [-0.39, 0.29) is 16.9 Å². The summed E-state index contributed by atoms with van der Waals surface area (Å²) < 4.78 is 14.3. The molecule has 1 aliphatic rings. The maximum atomic E-state index is 14.3. The minimum atomic E-state index is -0.256. The van der Waals surface area contributed by atoms with Gasteiger partial charge < -0.3 is 5.32 Å². The standard InChI is InChI=1S/C15H22ClFN2/c1-11(2)10-14(19-8-6-18-7-9-19)12-4-3-5-13(16)15(12)17/h3-5,11,14,18H,6-10H2,1-2H3/t14-/m1/s1. The quantitative estimate of drug-likeness (QED) is 0.911. The van der Waals surface area contributed by atoms with Gasteiger partial charge in [-0.2, -0.15) is 0 Å². The summed E-state index contributed by atoms with van der Waals surface area (Å²) in [6.07, 6.45) is 0.956. The highest BCUT2D eigenvalue weighted by Gasteiger charge is 2.26. The normalized spacial score (nSPS) is 18.8. The zero-order valence-electron chi connectivity index (χ0n) is 11.6. The van der Waals surface area contributed by atoms with Gasteiger partial charge in [0.05, 0.1) is 5.02 Å². The van der Waals surface area contributed by atoms with Crippen molar-refractivity contribution < 1.29 is 4.39 Å². The molecule has 1 saturated heterocycles. The van der Waals surface area contributed by atoms with E-state index in [1.165, 1.54) is 0 Å². The number of nitrogens with one attached hydrogen (secondary N) is 1. The van der Waals surface area contributed by atoms with Gasteiger partial charge in [0.2, 0.25) is 0 Å². The highest BCUT2D eigenvalue weighted by atomic mass is 35.5. The van der Waals surface area contributed by atoms with E-state index in [2.05, 4.69) is 24.1 Å². The summed E-state index contributed by atoms with van der Waals surface area (Å²) in [7, 11) is 0. The summed E-state index contributed by atoms with van der Waals surface area (Å²) in [6.45, 7) is 8.22. The minimum Gasteiger partial charge on any atom is -0.314 e. The van der Waals surface area contributed by atoms with E-state index in [9.17, 15) is 4.39 Å². The first-order chi connectivity index (χ1) is 9.09. The first-order valence-corrected chi connectivity index (χ1v) is 7.36. The first-order valence-electron chi connectivity index (χ1n) is 6.98. The summed E-state index contributed by atoms with van der Waals surface area (Å²) in [4.78, 5) is 2.37. The minimum absolute atomic E-state index is 0.126. The molecule has 19 heavy (non-hydrogen) atoms. The van der Waals surface area contributed by atoms with E-state index in [0.717, 1.165) is 38.2 Å². The van der Waals surface area contributed by atoms with Crippen molar-refractivity contribution in [2.45, 2.75) is 26.3 Å². The molecule has 2 rings (SSSR count). The van der Waals surface area contributed by atoms with Crippen molar-refractivity contribution in [1.82, 2.24) is 10.2 Å². The number of hydrogen-bond acceptors (Lipinski definition) is 2. The Balaban J connectivity index is 2.27. The Labute approximate surface area is 119 Å². The lowest BCUT2D eigenvalue weighted by atomic mass is 9.94. The lowest BCUT2D eigenvalue weighted by molar-refractivity contribution is 0.151. The van der Waals surface area contributed by atoms with Crippen LogP contribution in [0.5, 0.6) is 0 Å². The molecule has 2 nitrogen and oxygen atoms in total. The molecule has 0 radical (unpaired) electrons. The average Bonchev–Trinajstić information content (AvgIpc) is 2.40. The molecule has 1 N–H and O–H groups in total. The van der Waals surface area contributed by atoms with Crippen molar-refractivity contribution in [3.8, 4) is 0 Å². The topological polar surface area (TPSA) is 15.3 Å². The number of halogens is 2. The summed E-state index contributed by atoms with van der Waals surface area (Å²) in [5.41, 5.74) is 0.739. The number of piperazine rings is 1. The molecule has 0 aromatic heterocycles. The molecule has 4 heteroatoms. The second-order valence-corrected chi connectivity index (χ2v) is 5.98. The van der Waals surface area contributed by atoms with Crippen molar-refractivity contribution in [2.24, 2.45) is 5.92 Å². The van der Waals surface area contributed by atoms with Gasteiger partial charge in [-0.05, 0) is 18.4 Å². The molecule has 1 aliphatic heterocycles. The van der Waals surface area contributed by atoms with Gasteiger partial charge in [-0.3, -0.25) is 4.90 Å². The highest BCUT2D eigenvalue weighted by molar-refractivity contribution is 6.30. The second kappa shape index (κ2) is 6.69. The van der Waals surface area contributed by atoms with Crippen molar-refractivity contribution in [3.05, 3.63) is 34.6 Å². The van der Waals surface area contributed by atoms with Gasteiger partial charge in [0.15, 0.2) is 0 Å². The summed E-state index contributed by atoms with van der Waals surface area (Å²) in [5.74, 6) is 0.270. The highest BCUT2D eigenvalue weighted by Crippen LogP contribution is 2.32. The molecule has 0 unspecified atom stereocenters. The Morgan fingerprint density at radius 3 is 2.63 bits per heavy atom. The van der Waals surface area contributed by atoms with Crippen LogP contribution < -0.4 is 5.32 Å². The van der Waals surface area contributed by atoms with Crippen molar-refractivity contribution in [1.29, 1.82) is 0 Å². The summed E-state index contributed by atoms with van der Waals surface area (Å²) in [5, 5.41) is 3.56. The fourth-order valence-corrected chi connectivity index (χ4v) is 2.87. The average molecular weight is 285 g/mol. The molecule has 1 fully saturated rings. The van der Waals surface area contributed by atoms with Gasteiger partial charge in [-0.25, -0.2) is 4.39 Å². The van der Waals surface area contributed by atoms with E-state index in [4.69, 9.17) is 11.6 Å². The van der Waals surface area contributed by atoms with E-state index in [1.54, 1.807) is 6.07 Å². The molecule has 0 spiro atoms. The molecule has 1 aromatic carbocycles. The van der Waals surface area contributed by atoms with Gasteiger partial charge in [0.25, 0.3) is 0 Å². The molecule has 0 saturated carbocycles. The summed E-state index contributed by atoms with van der Waals surface area (Å²) in [6, 6.07) is 5.46. The van der Waals surface area contributed by atoms with Gasteiger partial charge in [0, 0.05) is 37.8 Å². The maximum Gasteiger partial charge on any atom is 0.146 e. The van der Waals surface area contributed by atoms with E-state index in [1.807, 2.05) is 12.1 Å². The monoisotopic (exact) mass is 284 g/mol. The molecule has 1 aromatic rings. The third-order valence-corrected chi connectivity index (χ3v) is 3.92.